The van der Waals surface area contributed by atoms with Crippen LogP contribution in [-0.4, -0.2) is 22.9 Å². The van der Waals surface area contributed by atoms with Crippen molar-refractivity contribution in [3.05, 3.63) is 16.0 Å². The Morgan fingerprint density at radius 2 is 1.94 bits per heavy atom. The minimum Gasteiger partial charge on any atom is -0.478 e. The lowest BCUT2D eigenvalue weighted by Crippen LogP contribution is -2.11. The highest BCUT2D eigenvalue weighted by molar-refractivity contribution is 7.18. The Bertz CT molecular complexity index is 478. The monoisotopic (exact) mass is 242 g/mol. The van der Waals surface area contributed by atoms with Crippen LogP contribution in [0, 0.1) is 6.92 Å². The van der Waals surface area contributed by atoms with E-state index in [9.17, 15) is 14.4 Å². The van der Waals surface area contributed by atoms with E-state index >= 15 is 0 Å². The second kappa shape index (κ2) is 4.31. The fourth-order valence-corrected chi connectivity index (χ4v) is 2.35. The van der Waals surface area contributed by atoms with Gasteiger partial charge in [-0.25, -0.2) is 4.79 Å². The molecule has 6 nitrogen and oxygen atoms in total. The number of carboxylic acids is 1. The zero-order valence-electron chi connectivity index (χ0n) is 8.66. The number of carbonyl (C=O) groups is 3. The van der Waals surface area contributed by atoms with Crippen LogP contribution in [0.5, 0.6) is 0 Å². The Kier molecular flexibility index (Phi) is 3.28. The van der Waals surface area contributed by atoms with Crippen LogP contribution in [0.1, 0.15) is 32.5 Å². The fraction of sp³-hybridized carbons (Fsp3) is 0.222. The third kappa shape index (κ3) is 2.19. The van der Waals surface area contributed by atoms with Crippen molar-refractivity contribution in [2.24, 2.45) is 5.73 Å². The van der Waals surface area contributed by atoms with E-state index in [0.717, 1.165) is 11.3 Å². The summed E-state index contributed by atoms with van der Waals surface area (Å²) in [4.78, 5) is 33.0. The Morgan fingerprint density at radius 3 is 2.31 bits per heavy atom. The molecule has 0 bridgehead atoms. The van der Waals surface area contributed by atoms with E-state index in [0.29, 0.717) is 0 Å². The number of carboxylic acid groups (broad SMARTS) is 1. The Hall–Kier alpha value is -1.89. The molecule has 0 aliphatic rings. The number of hydrogen-bond acceptors (Lipinski definition) is 4. The third-order valence-corrected chi connectivity index (χ3v) is 3.10. The van der Waals surface area contributed by atoms with Crippen LogP contribution in [0.4, 0.5) is 5.00 Å². The zero-order chi connectivity index (χ0) is 12.5. The van der Waals surface area contributed by atoms with E-state index in [2.05, 4.69) is 5.32 Å². The minimum absolute atomic E-state index is 0.0889. The lowest BCUT2D eigenvalue weighted by atomic mass is 10.1. The molecule has 1 heterocycles. The van der Waals surface area contributed by atoms with Crippen molar-refractivity contribution in [1.29, 1.82) is 0 Å². The number of aromatic carboxylic acids is 1. The van der Waals surface area contributed by atoms with Crippen LogP contribution in [0.15, 0.2) is 0 Å². The summed E-state index contributed by atoms with van der Waals surface area (Å²) >= 11 is 0.864. The molecule has 0 aromatic carbocycles. The molecule has 2 amide bonds. The smallest absolute Gasteiger partial charge is 0.339 e. The number of amides is 2. The van der Waals surface area contributed by atoms with Gasteiger partial charge in [-0.05, 0) is 12.5 Å². The van der Waals surface area contributed by atoms with Crippen LogP contribution in [0.2, 0.25) is 0 Å². The van der Waals surface area contributed by atoms with Gasteiger partial charge in [-0.2, -0.15) is 0 Å². The lowest BCUT2D eigenvalue weighted by Gasteiger charge is -1.99. The molecule has 0 fully saturated rings. The molecule has 0 unspecified atom stereocenters. The van der Waals surface area contributed by atoms with Crippen molar-refractivity contribution in [3.63, 3.8) is 0 Å². The Labute approximate surface area is 95.1 Å². The molecule has 16 heavy (non-hydrogen) atoms. The van der Waals surface area contributed by atoms with E-state index in [-0.39, 0.29) is 21.0 Å². The predicted molar refractivity (Wildman–Crippen MR) is 58.8 cm³/mol. The van der Waals surface area contributed by atoms with E-state index in [1.54, 1.807) is 0 Å². The van der Waals surface area contributed by atoms with Gasteiger partial charge >= 0.3 is 5.97 Å². The van der Waals surface area contributed by atoms with Gasteiger partial charge in [0.15, 0.2) is 0 Å². The maximum atomic E-state index is 11.0. The molecular formula is C9H10N2O4S. The van der Waals surface area contributed by atoms with E-state index in [4.69, 9.17) is 10.8 Å². The second-order valence-corrected chi connectivity index (χ2v) is 4.13. The molecule has 7 heteroatoms. The quantitative estimate of drug-likeness (QED) is 0.728. The van der Waals surface area contributed by atoms with Crippen molar-refractivity contribution in [2.45, 2.75) is 13.8 Å². The molecule has 0 radical (unpaired) electrons. The second-order valence-electron chi connectivity index (χ2n) is 3.11. The largest absolute Gasteiger partial charge is 0.478 e. The molecular weight excluding hydrogens is 232 g/mol. The van der Waals surface area contributed by atoms with Gasteiger partial charge in [0.1, 0.15) is 5.00 Å². The highest BCUT2D eigenvalue weighted by atomic mass is 32.1. The summed E-state index contributed by atoms with van der Waals surface area (Å²) in [6, 6.07) is 0. The molecule has 1 aromatic rings. The summed E-state index contributed by atoms with van der Waals surface area (Å²) in [6.45, 7) is 2.73. The van der Waals surface area contributed by atoms with Crippen LogP contribution in [-0.2, 0) is 4.79 Å². The normalized spacial score (nSPS) is 9.88. The maximum absolute atomic E-state index is 11.0. The lowest BCUT2D eigenvalue weighted by molar-refractivity contribution is -0.114. The zero-order valence-corrected chi connectivity index (χ0v) is 9.47. The molecule has 1 aromatic heterocycles. The maximum Gasteiger partial charge on any atom is 0.339 e. The molecule has 1 rings (SSSR count). The number of anilines is 1. The minimum atomic E-state index is -1.20. The summed E-state index contributed by atoms with van der Waals surface area (Å²) in [6.07, 6.45) is 0. The van der Waals surface area contributed by atoms with Gasteiger partial charge in [-0.15, -0.1) is 11.3 Å². The Morgan fingerprint density at radius 1 is 1.38 bits per heavy atom. The first-order valence-corrected chi connectivity index (χ1v) is 5.10. The number of nitrogens with one attached hydrogen (secondary N) is 1. The SMILES string of the molecule is CC(=O)Nc1sc(C(N)=O)c(C)c1C(=O)O. The van der Waals surface area contributed by atoms with Gasteiger partial charge in [0.25, 0.3) is 5.91 Å². The van der Waals surface area contributed by atoms with Crippen LogP contribution >= 0.6 is 11.3 Å². The number of hydrogen-bond donors (Lipinski definition) is 3. The predicted octanol–water partition coefficient (Wildman–Crippen LogP) is 0.812. The summed E-state index contributed by atoms with van der Waals surface area (Å²) in [5, 5.41) is 11.5. The standard InChI is InChI=1S/C9H10N2O4S/c1-3-5(9(14)15)8(11-4(2)12)16-6(3)7(10)13/h1-2H3,(H2,10,13)(H,11,12)(H,14,15). The summed E-state index contributed by atoms with van der Waals surface area (Å²) in [5.74, 6) is -2.31. The summed E-state index contributed by atoms with van der Waals surface area (Å²) in [7, 11) is 0. The van der Waals surface area contributed by atoms with Gasteiger partial charge in [0.05, 0.1) is 10.4 Å². The molecule has 0 aliphatic heterocycles. The van der Waals surface area contributed by atoms with Crippen LogP contribution in [0.3, 0.4) is 0 Å². The van der Waals surface area contributed by atoms with Gasteiger partial charge in [-0.1, -0.05) is 0 Å². The average molecular weight is 242 g/mol. The molecule has 0 spiro atoms. The van der Waals surface area contributed by atoms with Crippen molar-refractivity contribution in [1.82, 2.24) is 0 Å². The number of primary amides is 1. The van der Waals surface area contributed by atoms with Gasteiger partial charge in [-0.3, -0.25) is 9.59 Å². The number of rotatable bonds is 3. The fourth-order valence-electron chi connectivity index (χ4n) is 1.25. The van der Waals surface area contributed by atoms with Crippen molar-refractivity contribution in [2.75, 3.05) is 5.32 Å². The summed E-state index contributed by atoms with van der Waals surface area (Å²) < 4.78 is 0. The number of nitrogens with two attached hydrogens (primary N) is 1. The number of carbonyl (C=O) groups excluding carboxylic acids is 2. The van der Waals surface area contributed by atoms with Crippen LogP contribution in [0.25, 0.3) is 0 Å². The van der Waals surface area contributed by atoms with Gasteiger partial charge in [0.2, 0.25) is 5.91 Å². The molecule has 0 aliphatic carbocycles. The van der Waals surface area contributed by atoms with Crippen molar-refractivity contribution < 1.29 is 19.5 Å². The first-order chi connectivity index (χ1) is 7.34. The topological polar surface area (TPSA) is 109 Å². The van der Waals surface area contributed by atoms with E-state index in [1.807, 2.05) is 0 Å². The molecule has 0 saturated carbocycles. The Balaban J connectivity index is 3.36. The molecule has 86 valence electrons. The van der Waals surface area contributed by atoms with E-state index < -0.39 is 17.8 Å². The first-order valence-electron chi connectivity index (χ1n) is 4.28. The molecule has 4 N–H and O–H groups in total. The highest BCUT2D eigenvalue weighted by Gasteiger charge is 2.23. The van der Waals surface area contributed by atoms with Gasteiger partial charge < -0.3 is 16.2 Å². The highest BCUT2D eigenvalue weighted by Crippen LogP contribution is 2.32. The molecule has 0 saturated heterocycles. The van der Waals surface area contributed by atoms with E-state index in [1.165, 1.54) is 13.8 Å². The van der Waals surface area contributed by atoms with Crippen molar-refractivity contribution in [3.8, 4) is 0 Å². The average Bonchev–Trinajstić information content (AvgIpc) is 2.41. The molecule has 0 atom stereocenters. The van der Waals surface area contributed by atoms with Crippen molar-refractivity contribution >= 4 is 34.1 Å². The van der Waals surface area contributed by atoms with Gasteiger partial charge in [0, 0.05) is 6.92 Å². The first kappa shape index (κ1) is 12.2. The number of thiophene rings is 1. The van der Waals surface area contributed by atoms with Crippen LogP contribution < -0.4 is 11.1 Å². The third-order valence-electron chi connectivity index (χ3n) is 1.87. The summed E-state index contributed by atoms with van der Waals surface area (Å²) in [5.41, 5.74) is 5.28.